The Morgan fingerprint density at radius 1 is 1.32 bits per heavy atom. The van der Waals surface area contributed by atoms with Crippen LogP contribution in [0.25, 0.3) is 0 Å². The first-order valence-corrected chi connectivity index (χ1v) is 8.00. The van der Waals surface area contributed by atoms with Crippen molar-refractivity contribution in [2.45, 2.75) is 46.5 Å². The van der Waals surface area contributed by atoms with Gasteiger partial charge in [-0.2, -0.15) is 0 Å². The summed E-state index contributed by atoms with van der Waals surface area (Å²) in [5, 5.41) is 0. The monoisotopic (exact) mass is 309 g/mol. The number of aryl methyl sites for hydroxylation is 1. The molecule has 1 fully saturated rings. The number of hydrogen-bond acceptors (Lipinski definition) is 1. The van der Waals surface area contributed by atoms with Gasteiger partial charge in [0.15, 0.2) is 0 Å². The van der Waals surface area contributed by atoms with Crippen LogP contribution >= 0.6 is 0 Å². The van der Waals surface area contributed by atoms with Crippen LogP contribution in [0.4, 0.5) is 8.78 Å². The number of carbonyl (C=O) groups excluding carboxylic acids is 1. The van der Waals surface area contributed by atoms with E-state index in [2.05, 4.69) is 0 Å². The van der Waals surface area contributed by atoms with Gasteiger partial charge in [0.2, 0.25) is 5.91 Å². The van der Waals surface area contributed by atoms with Gasteiger partial charge in [0.05, 0.1) is 0 Å². The summed E-state index contributed by atoms with van der Waals surface area (Å²) in [6, 6.07) is 3.76. The number of hydrogen-bond donors (Lipinski definition) is 0. The second-order valence-corrected chi connectivity index (χ2v) is 7.28. The molecule has 22 heavy (non-hydrogen) atoms. The van der Waals surface area contributed by atoms with Crippen LogP contribution in [0, 0.1) is 23.0 Å². The van der Waals surface area contributed by atoms with Gasteiger partial charge in [-0.15, -0.1) is 0 Å². The Labute approximate surface area is 131 Å². The number of carbonyl (C=O) groups is 1. The van der Waals surface area contributed by atoms with E-state index in [0.29, 0.717) is 17.9 Å². The third-order valence-corrected chi connectivity index (χ3v) is 4.28. The number of nitrogens with zero attached hydrogens (tertiary/aromatic N) is 1. The molecular weight excluding hydrogens is 284 g/mol. The standard InChI is InChI=1S/C18H25F2NO/c1-18(2,3)17(22)21-10-4-5-13(12-21)6-7-14-8-9-15(19)11-16(14)20/h8-9,11,13H,4-7,10,12H2,1-3H3/t13-/m0/s1. The van der Waals surface area contributed by atoms with E-state index in [-0.39, 0.29) is 11.3 Å². The normalized spacial score (nSPS) is 19.3. The maximum atomic E-state index is 13.7. The van der Waals surface area contributed by atoms with E-state index in [1.807, 2.05) is 25.7 Å². The predicted molar refractivity (Wildman–Crippen MR) is 83.4 cm³/mol. The van der Waals surface area contributed by atoms with Crippen molar-refractivity contribution in [3.8, 4) is 0 Å². The first-order valence-electron chi connectivity index (χ1n) is 8.00. The predicted octanol–water partition coefficient (Wildman–Crippen LogP) is 4.18. The van der Waals surface area contributed by atoms with Crippen molar-refractivity contribution in [3.63, 3.8) is 0 Å². The second kappa shape index (κ2) is 6.76. The molecule has 1 aliphatic rings. The summed E-state index contributed by atoms with van der Waals surface area (Å²) in [6.45, 7) is 7.38. The van der Waals surface area contributed by atoms with E-state index in [0.717, 1.165) is 38.4 Å². The van der Waals surface area contributed by atoms with Crippen LogP contribution in [0.5, 0.6) is 0 Å². The highest BCUT2D eigenvalue weighted by molar-refractivity contribution is 5.81. The smallest absolute Gasteiger partial charge is 0.227 e. The summed E-state index contributed by atoms with van der Waals surface area (Å²) in [7, 11) is 0. The van der Waals surface area contributed by atoms with E-state index in [4.69, 9.17) is 0 Å². The van der Waals surface area contributed by atoms with Gasteiger partial charge in [-0.1, -0.05) is 26.8 Å². The van der Waals surface area contributed by atoms with Gasteiger partial charge in [0, 0.05) is 24.6 Å². The molecule has 122 valence electrons. The fraction of sp³-hybridized carbons (Fsp3) is 0.611. The van der Waals surface area contributed by atoms with Gasteiger partial charge < -0.3 is 4.90 Å². The van der Waals surface area contributed by atoms with E-state index >= 15 is 0 Å². The van der Waals surface area contributed by atoms with Crippen LogP contribution in [0.15, 0.2) is 18.2 Å². The lowest BCUT2D eigenvalue weighted by atomic mass is 9.88. The summed E-state index contributed by atoms with van der Waals surface area (Å²) < 4.78 is 26.6. The lowest BCUT2D eigenvalue weighted by molar-refractivity contribution is -0.141. The van der Waals surface area contributed by atoms with Gasteiger partial charge in [-0.25, -0.2) is 8.78 Å². The number of piperidine rings is 1. The molecule has 0 aromatic heterocycles. The highest BCUT2D eigenvalue weighted by atomic mass is 19.1. The molecule has 2 rings (SSSR count). The van der Waals surface area contributed by atoms with Crippen LogP contribution in [-0.2, 0) is 11.2 Å². The molecule has 1 aromatic rings. The quantitative estimate of drug-likeness (QED) is 0.820. The summed E-state index contributed by atoms with van der Waals surface area (Å²) in [5.41, 5.74) is 0.200. The Bertz CT molecular complexity index is 536. The lowest BCUT2D eigenvalue weighted by Gasteiger charge is -2.36. The molecule has 0 spiro atoms. The summed E-state index contributed by atoms with van der Waals surface area (Å²) in [6.07, 6.45) is 3.49. The molecule has 1 aliphatic heterocycles. The fourth-order valence-corrected chi connectivity index (χ4v) is 3.04. The van der Waals surface area contributed by atoms with Gasteiger partial charge in [0.25, 0.3) is 0 Å². The second-order valence-electron chi connectivity index (χ2n) is 7.28. The Hall–Kier alpha value is -1.45. The van der Waals surface area contributed by atoms with Crippen molar-refractivity contribution in [2.24, 2.45) is 11.3 Å². The van der Waals surface area contributed by atoms with Crippen molar-refractivity contribution < 1.29 is 13.6 Å². The zero-order valence-electron chi connectivity index (χ0n) is 13.7. The van der Waals surface area contributed by atoms with Crippen LogP contribution in [0.3, 0.4) is 0 Å². The molecule has 2 nitrogen and oxygen atoms in total. The Kier molecular flexibility index (Phi) is 5.20. The van der Waals surface area contributed by atoms with Crippen molar-refractivity contribution in [2.75, 3.05) is 13.1 Å². The molecule has 0 N–H and O–H groups in total. The molecule has 4 heteroatoms. The maximum Gasteiger partial charge on any atom is 0.227 e. The zero-order chi connectivity index (χ0) is 16.3. The molecular formula is C18H25F2NO. The number of likely N-dealkylation sites (tertiary alicyclic amines) is 1. The first kappa shape index (κ1) is 16.9. The topological polar surface area (TPSA) is 20.3 Å². The van der Waals surface area contributed by atoms with E-state index in [1.165, 1.54) is 12.1 Å². The largest absolute Gasteiger partial charge is 0.342 e. The van der Waals surface area contributed by atoms with Crippen molar-refractivity contribution in [1.82, 2.24) is 4.90 Å². The molecule has 1 saturated heterocycles. The molecule has 0 saturated carbocycles. The minimum absolute atomic E-state index is 0.185. The van der Waals surface area contributed by atoms with Gasteiger partial charge in [-0.05, 0) is 43.2 Å². The van der Waals surface area contributed by atoms with E-state index in [9.17, 15) is 13.6 Å². The van der Waals surface area contributed by atoms with E-state index < -0.39 is 11.6 Å². The molecule has 1 heterocycles. The molecule has 0 unspecified atom stereocenters. The third-order valence-electron chi connectivity index (χ3n) is 4.28. The fourth-order valence-electron chi connectivity index (χ4n) is 3.04. The summed E-state index contributed by atoms with van der Waals surface area (Å²) >= 11 is 0. The molecule has 1 amide bonds. The minimum atomic E-state index is -0.541. The maximum absolute atomic E-state index is 13.7. The van der Waals surface area contributed by atoms with Gasteiger partial charge in [-0.3, -0.25) is 4.79 Å². The lowest BCUT2D eigenvalue weighted by Crippen LogP contribution is -2.45. The SMILES string of the molecule is CC(C)(C)C(=O)N1CCC[C@@H](CCc2ccc(F)cc2F)C1. The van der Waals surface area contributed by atoms with Gasteiger partial charge in [0.1, 0.15) is 11.6 Å². The number of rotatable bonds is 3. The van der Waals surface area contributed by atoms with E-state index in [1.54, 1.807) is 0 Å². The molecule has 0 radical (unpaired) electrons. The van der Waals surface area contributed by atoms with Crippen LogP contribution in [-0.4, -0.2) is 23.9 Å². The van der Waals surface area contributed by atoms with Crippen LogP contribution in [0.2, 0.25) is 0 Å². The molecule has 1 atom stereocenters. The first-order chi connectivity index (χ1) is 10.3. The Morgan fingerprint density at radius 3 is 2.68 bits per heavy atom. The third kappa shape index (κ3) is 4.28. The summed E-state index contributed by atoms with van der Waals surface area (Å²) in [4.78, 5) is 14.3. The number of amides is 1. The average Bonchev–Trinajstić information content (AvgIpc) is 2.45. The van der Waals surface area contributed by atoms with Crippen LogP contribution in [0.1, 0.15) is 45.6 Å². The number of benzene rings is 1. The molecule has 0 aliphatic carbocycles. The number of halogens is 2. The zero-order valence-corrected chi connectivity index (χ0v) is 13.7. The van der Waals surface area contributed by atoms with Crippen molar-refractivity contribution >= 4 is 5.91 Å². The summed E-state index contributed by atoms with van der Waals surface area (Å²) in [5.74, 6) is -0.436. The average molecular weight is 309 g/mol. The Balaban J connectivity index is 1.92. The van der Waals surface area contributed by atoms with Crippen LogP contribution < -0.4 is 0 Å². The highest BCUT2D eigenvalue weighted by Crippen LogP contribution is 2.26. The Morgan fingerprint density at radius 2 is 2.05 bits per heavy atom. The van der Waals surface area contributed by atoms with Gasteiger partial charge >= 0.3 is 0 Å². The van der Waals surface area contributed by atoms with Crippen molar-refractivity contribution in [1.29, 1.82) is 0 Å². The highest BCUT2D eigenvalue weighted by Gasteiger charge is 2.30. The molecule has 1 aromatic carbocycles. The van der Waals surface area contributed by atoms with Crippen molar-refractivity contribution in [3.05, 3.63) is 35.4 Å². The minimum Gasteiger partial charge on any atom is -0.342 e. The molecule has 0 bridgehead atoms.